The van der Waals surface area contributed by atoms with E-state index in [1.165, 1.54) is 6.07 Å². The van der Waals surface area contributed by atoms with Gasteiger partial charge in [-0.15, -0.1) is 0 Å². The van der Waals surface area contributed by atoms with Crippen LogP contribution in [0, 0.1) is 6.92 Å². The highest BCUT2D eigenvalue weighted by molar-refractivity contribution is 9.10. The summed E-state index contributed by atoms with van der Waals surface area (Å²) in [5.74, 6) is 5.55. The molecule has 0 heterocycles. The zero-order valence-corrected chi connectivity index (χ0v) is 12.8. The highest BCUT2D eigenvalue weighted by Gasteiger charge is 2.31. The molecule has 6 heteroatoms. The molecule has 0 radical (unpaired) electrons. The molecular formula is C15H14BrF3N2. The number of rotatable bonds is 3. The number of benzene rings is 2. The first kappa shape index (κ1) is 16.0. The third kappa shape index (κ3) is 3.84. The summed E-state index contributed by atoms with van der Waals surface area (Å²) < 4.78 is 39.3. The summed E-state index contributed by atoms with van der Waals surface area (Å²) in [5.41, 5.74) is 4.14. The van der Waals surface area contributed by atoms with Gasteiger partial charge in [-0.2, -0.15) is 13.2 Å². The molecule has 0 aliphatic carbocycles. The highest BCUT2D eigenvalue weighted by atomic mass is 79.9. The minimum atomic E-state index is -4.37. The van der Waals surface area contributed by atoms with Crippen molar-refractivity contribution in [2.24, 2.45) is 5.84 Å². The van der Waals surface area contributed by atoms with E-state index in [9.17, 15) is 13.2 Å². The molecule has 0 saturated heterocycles. The van der Waals surface area contributed by atoms with E-state index in [1.54, 1.807) is 6.07 Å². The Balaban J connectivity index is 2.46. The lowest BCUT2D eigenvalue weighted by Crippen LogP contribution is -2.29. The van der Waals surface area contributed by atoms with Crippen molar-refractivity contribution in [3.63, 3.8) is 0 Å². The van der Waals surface area contributed by atoms with Crippen LogP contribution in [0.2, 0.25) is 0 Å². The molecule has 0 saturated carbocycles. The Morgan fingerprint density at radius 3 is 2.38 bits per heavy atom. The van der Waals surface area contributed by atoms with Gasteiger partial charge in [0.2, 0.25) is 0 Å². The number of aryl methyl sites for hydroxylation is 1. The van der Waals surface area contributed by atoms with E-state index in [-0.39, 0.29) is 0 Å². The van der Waals surface area contributed by atoms with Gasteiger partial charge >= 0.3 is 6.18 Å². The summed E-state index contributed by atoms with van der Waals surface area (Å²) in [4.78, 5) is 0. The fourth-order valence-electron chi connectivity index (χ4n) is 2.21. The van der Waals surface area contributed by atoms with Crippen molar-refractivity contribution in [3.05, 3.63) is 69.2 Å². The largest absolute Gasteiger partial charge is 0.416 e. The lowest BCUT2D eigenvalue weighted by molar-refractivity contribution is -0.137. The van der Waals surface area contributed by atoms with Crippen LogP contribution in [0.25, 0.3) is 0 Å². The van der Waals surface area contributed by atoms with E-state index in [1.807, 2.05) is 25.1 Å². The smallest absolute Gasteiger partial charge is 0.271 e. The maximum absolute atomic E-state index is 12.8. The van der Waals surface area contributed by atoms with Crippen LogP contribution in [0.3, 0.4) is 0 Å². The first-order chi connectivity index (χ1) is 9.81. The summed E-state index contributed by atoms with van der Waals surface area (Å²) in [6, 6.07) is 10.3. The van der Waals surface area contributed by atoms with Gasteiger partial charge in [0.25, 0.3) is 0 Å². The molecule has 0 aliphatic heterocycles. The lowest BCUT2D eigenvalue weighted by atomic mass is 9.96. The number of halogens is 4. The molecule has 2 aromatic carbocycles. The van der Waals surface area contributed by atoms with Crippen LogP contribution in [0.5, 0.6) is 0 Å². The SMILES string of the molecule is Cc1cc(Br)cc(C(NN)c2cccc(C(F)(F)F)c2)c1. The molecule has 112 valence electrons. The van der Waals surface area contributed by atoms with Crippen LogP contribution in [0.15, 0.2) is 46.9 Å². The second kappa shape index (κ2) is 6.17. The van der Waals surface area contributed by atoms with Crippen molar-refractivity contribution >= 4 is 15.9 Å². The standard InChI is InChI=1S/C15H14BrF3N2/c1-9-5-11(8-13(16)6-9)14(21-20)10-3-2-4-12(7-10)15(17,18)19/h2-8,14,21H,20H2,1H3. The Morgan fingerprint density at radius 2 is 1.81 bits per heavy atom. The Labute approximate surface area is 129 Å². The third-order valence-electron chi connectivity index (χ3n) is 3.11. The number of nitrogens with two attached hydrogens (primary N) is 1. The van der Waals surface area contributed by atoms with Gasteiger partial charge in [-0.05, 0) is 47.9 Å². The van der Waals surface area contributed by atoms with E-state index in [0.29, 0.717) is 5.56 Å². The fraction of sp³-hybridized carbons (Fsp3) is 0.200. The Hall–Kier alpha value is -1.37. The number of hydrogen-bond acceptors (Lipinski definition) is 2. The average molecular weight is 359 g/mol. The van der Waals surface area contributed by atoms with Crippen molar-refractivity contribution in [2.75, 3.05) is 0 Å². The van der Waals surface area contributed by atoms with Crippen LogP contribution < -0.4 is 11.3 Å². The summed E-state index contributed by atoms with van der Waals surface area (Å²) in [6.07, 6.45) is -4.37. The quantitative estimate of drug-likeness (QED) is 0.633. The van der Waals surface area contributed by atoms with Gasteiger partial charge in [0, 0.05) is 4.47 Å². The molecule has 2 aromatic rings. The minimum Gasteiger partial charge on any atom is -0.271 e. The molecule has 3 N–H and O–H groups in total. The molecule has 0 aliphatic rings. The first-order valence-electron chi connectivity index (χ1n) is 6.21. The van der Waals surface area contributed by atoms with Crippen molar-refractivity contribution < 1.29 is 13.2 Å². The van der Waals surface area contributed by atoms with Gasteiger partial charge in [0.05, 0.1) is 11.6 Å². The second-order valence-electron chi connectivity index (χ2n) is 4.78. The van der Waals surface area contributed by atoms with Crippen LogP contribution in [-0.4, -0.2) is 0 Å². The van der Waals surface area contributed by atoms with Crippen LogP contribution >= 0.6 is 15.9 Å². The fourth-order valence-corrected chi connectivity index (χ4v) is 2.84. The van der Waals surface area contributed by atoms with Crippen molar-refractivity contribution in [1.29, 1.82) is 0 Å². The topological polar surface area (TPSA) is 38.0 Å². The molecule has 0 aromatic heterocycles. The summed E-state index contributed by atoms with van der Waals surface area (Å²) in [6.45, 7) is 1.91. The van der Waals surface area contributed by atoms with E-state index in [2.05, 4.69) is 21.4 Å². The van der Waals surface area contributed by atoms with E-state index in [0.717, 1.165) is 27.7 Å². The van der Waals surface area contributed by atoms with E-state index in [4.69, 9.17) is 5.84 Å². The monoisotopic (exact) mass is 358 g/mol. The Kier molecular flexibility index (Phi) is 4.70. The molecule has 0 amide bonds. The highest BCUT2D eigenvalue weighted by Crippen LogP contribution is 2.32. The predicted molar refractivity (Wildman–Crippen MR) is 79.5 cm³/mol. The molecule has 0 fully saturated rings. The second-order valence-corrected chi connectivity index (χ2v) is 5.70. The summed E-state index contributed by atoms with van der Waals surface area (Å²) >= 11 is 3.38. The molecule has 0 spiro atoms. The number of hydrogen-bond donors (Lipinski definition) is 2. The molecule has 2 nitrogen and oxygen atoms in total. The third-order valence-corrected chi connectivity index (χ3v) is 3.57. The molecule has 1 unspecified atom stereocenters. The first-order valence-corrected chi connectivity index (χ1v) is 7.01. The summed E-state index contributed by atoms with van der Waals surface area (Å²) in [5, 5.41) is 0. The minimum absolute atomic E-state index is 0.463. The predicted octanol–water partition coefficient (Wildman–Crippen LogP) is 4.33. The lowest BCUT2D eigenvalue weighted by Gasteiger charge is -2.19. The zero-order chi connectivity index (χ0) is 15.6. The molecule has 1 atom stereocenters. The Morgan fingerprint density at radius 1 is 1.10 bits per heavy atom. The maximum Gasteiger partial charge on any atom is 0.416 e. The molecule has 2 rings (SSSR count). The average Bonchev–Trinajstić information content (AvgIpc) is 2.38. The van der Waals surface area contributed by atoms with Crippen molar-refractivity contribution in [3.8, 4) is 0 Å². The van der Waals surface area contributed by atoms with Crippen molar-refractivity contribution in [1.82, 2.24) is 5.43 Å². The normalized spacial score (nSPS) is 13.2. The molecular weight excluding hydrogens is 345 g/mol. The maximum atomic E-state index is 12.8. The van der Waals surface area contributed by atoms with Gasteiger partial charge in [-0.3, -0.25) is 5.84 Å². The molecule has 21 heavy (non-hydrogen) atoms. The number of alkyl halides is 3. The van der Waals surface area contributed by atoms with E-state index >= 15 is 0 Å². The van der Waals surface area contributed by atoms with Gasteiger partial charge < -0.3 is 0 Å². The Bertz CT molecular complexity index is 621. The zero-order valence-electron chi connectivity index (χ0n) is 11.2. The van der Waals surface area contributed by atoms with Crippen LogP contribution in [0.1, 0.15) is 28.3 Å². The number of hydrazine groups is 1. The van der Waals surface area contributed by atoms with Gasteiger partial charge in [0.1, 0.15) is 0 Å². The van der Waals surface area contributed by atoms with Crippen LogP contribution in [0.4, 0.5) is 13.2 Å². The summed E-state index contributed by atoms with van der Waals surface area (Å²) in [7, 11) is 0. The van der Waals surface area contributed by atoms with E-state index < -0.39 is 17.8 Å². The molecule has 0 bridgehead atoms. The van der Waals surface area contributed by atoms with Crippen molar-refractivity contribution in [2.45, 2.75) is 19.1 Å². The van der Waals surface area contributed by atoms with Crippen LogP contribution in [-0.2, 0) is 6.18 Å². The number of nitrogens with one attached hydrogen (secondary N) is 1. The van der Waals surface area contributed by atoms with Gasteiger partial charge in [-0.1, -0.05) is 34.1 Å². The van der Waals surface area contributed by atoms with Gasteiger partial charge in [-0.25, -0.2) is 5.43 Å². The van der Waals surface area contributed by atoms with Gasteiger partial charge in [0.15, 0.2) is 0 Å².